The number of carbonyl (C=O) groups excluding carboxylic acids is 1. The van der Waals surface area contributed by atoms with Crippen LogP contribution in [0.15, 0.2) is 0 Å². The van der Waals surface area contributed by atoms with Gasteiger partial charge in [0.25, 0.3) is 0 Å². The molecular weight excluding hydrogens is 230 g/mol. The van der Waals surface area contributed by atoms with Crippen LogP contribution in [-0.2, 0) is 14.8 Å². The van der Waals surface area contributed by atoms with E-state index >= 15 is 0 Å². The van der Waals surface area contributed by atoms with E-state index < -0.39 is 10.0 Å². The summed E-state index contributed by atoms with van der Waals surface area (Å²) >= 11 is 0. The predicted octanol–water partition coefficient (Wildman–Crippen LogP) is -1.05. The maximum absolute atomic E-state index is 11.5. The normalized spacial score (nSPS) is 11.8. The summed E-state index contributed by atoms with van der Waals surface area (Å²) in [7, 11) is 2.20. The van der Waals surface area contributed by atoms with Gasteiger partial charge < -0.3 is 9.80 Å². The van der Waals surface area contributed by atoms with Crippen LogP contribution in [0.5, 0.6) is 0 Å². The highest BCUT2D eigenvalue weighted by Gasteiger charge is 2.12. The Morgan fingerprint density at radius 2 is 1.75 bits per heavy atom. The number of likely N-dealkylation sites (N-methyl/N-ethyl adjacent to an activating group) is 2. The van der Waals surface area contributed by atoms with Crippen LogP contribution in [0.4, 0.5) is 0 Å². The second kappa shape index (κ2) is 6.82. The maximum Gasteiger partial charge on any atom is 0.237 e. The summed E-state index contributed by atoms with van der Waals surface area (Å²) in [4.78, 5) is 15.0. The number of nitrogens with one attached hydrogen (secondary N) is 1. The number of rotatable bonds is 7. The van der Waals surface area contributed by atoms with E-state index in [1.165, 1.54) is 11.8 Å². The number of amides is 1. The van der Waals surface area contributed by atoms with Crippen LogP contribution in [0, 0.1) is 0 Å². The Morgan fingerprint density at radius 3 is 2.19 bits per heavy atom. The zero-order valence-corrected chi connectivity index (χ0v) is 11.2. The lowest BCUT2D eigenvalue weighted by atomic mass is 10.4. The number of nitrogens with zero attached hydrogens (tertiary/aromatic N) is 2. The third-order valence-electron chi connectivity index (χ3n) is 2.13. The molecular formula is C9H21N3O3S. The van der Waals surface area contributed by atoms with Gasteiger partial charge in [0.1, 0.15) is 0 Å². The van der Waals surface area contributed by atoms with Crippen molar-refractivity contribution in [1.82, 2.24) is 14.5 Å². The van der Waals surface area contributed by atoms with Crippen molar-refractivity contribution >= 4 is 15.9 Å². The van der Waals surface area contributed by atoms with Crippen LogP contribution in [0.25, 0.3) is 0 Å². The number of carbonyl (C=O) groups is 1. The van der Waals surface area contributed by atoms with Crippen molar-refractivity contribution in [2.45, 2.75) is 6.92 Å². The van der Waals surface area contributed by atoms with E-state index in [9.17, 15) is 13.2 Å². The lowest BCUT2D eigenvalue weighted by Gasteiger charge is -2.19. The van der Waals surface area contributed by atoms with Crippen molar-refractivity contribution in [2.24, 2.45) is 0 Å². The summed E-state index contributed by atoms with van der Waals surface area (Å²) in [6, 6.07) is 0. The lowest BCUT2D eigenvalue weighted by molar-refractivity contribution is -0.128. The van der Waals surface area contributed by atoms with E-state index in [4.69, 9.17) is 0 Å². The molecule has 0 aromatic rings. The monoisotopic (exact) mass is 251 g/mol. The SMILES string of the molecule is CCS(=O)(=O)NCC(=O)N(C)CCN(C)C. The minimum absolute atomic E-state index is 0.0122. The van der Waals surface area contributed by atoms with Gasteiger partial charge in [-0.2, -0.15) is 0 Å². The molecule has 16 heavy (non-hydrogen) atoms. The fourth-order valence-corrected chi connectivity index (χ4v) is 1.43. The predicted molar refractivity (Wildman–Crippen MR) is 63.7 cm³/mol. The Bertz CT molecular complexity index is 314. The lowest BCUT2D eigenvalue weighted by Crippen LogP contribution is -2.41. The first-order chi connectivity index (χ1) is 7.28. The van der Waals surface area contributed by atoms with Crippen LogP contribution in [0.3, 0.4) is 0 Å². The highest BCUT2D eigenvalue weighted by atomic mass is 32.2. The van der Waals surface area contributed by atoms with Gasteiger partial charge in [0.15, 0.2) is 0 Å². The van der Waals surface area contributed by atoms with E-state index in [1.54, 1.807) is 7.05 Å². The van der Waals surface area contributed by atoms with Crippen molar-refractivity contribution in [1.29, 1.82) is 0 Å². The second-order valence-electron chi connectivity index (χ2n) is 3.84. The molecule has 96 valence electrons. The largest absolute Gasteiger partial charge is 0.343 e. The van der Waals surface area contributed by atoms with Gasteiger partial charge in [-0.1, -0.05) is 0 Å². The molecule has 0 aromatic carbocycles. The van der Waals surface area contributed by atoms with Crippen LogP contribution in [-0.4, -0.2) is 70.7 Å². The van der Waals surface area contributed by atoms with E-state index in [0.29, 0.717) is 6.54 Å². The number of hydrogen-bond donors (Lipinski definition) is 1. The van der Waals surface area contributed by atoms with Crippen LogP contribution in [0.2, 0.25) is 0 Å². The first-order valence-corrected chi connectivity index (χ1v) is 6.79. The molecule has 7 heteroatoms. The zero-order valence-electron chi connectivity index (χ0n) is 10.4. The minimum atomic E-state index is -3.29. The van der Waals surface area contributed by atoms with Crippen molar-refractivity contribution in [3.05, 3.63) is 0 Å². The molecule has 0 aromatic heterocycles. The van der Waals surface area contributed by atoms with Crippen molar-refractivity contribution in [3.63, 3.8) is 0 Å². The van der Waals surface area contributed by atoms with Gasteiger partial charge in [-0.3, -0.25) is 4.79 Å². The average molecular weight is 251 g/mol. The Hall–Kier alpha value is -0.660. The molecule has 0 atom stereocenters. The van der Waals surface area contributed by atoms with Gasteiger partial charge in [0.05, 0.1) is 12.3 Å². The van der Waals surface area contributed by atoms with Gasteiger partial charge in [-0.25, -0.2) is 13.1 Å². The summed E-state index contributed by atoms with van der Waals surface area (Å²) in [5.74, 6) is -0.235. The molecule has 0 fully saturated rings. The van der Waals surface area contributed by atoms with Crippen LogP contribution < -0.4 is 4.72 Å². The molecule has 0 saturated heterocycles. The molecule has 0 aliphatic rings. The van der Waals surface area contributed by atoms with Crippen LogP contribution in [0.1, 0.15) is 6.92 Å². The summed E-state index contributed by atoms with van der Waals surface area (Å²) in [6.07, 6.45) is 0. The standard InChI is InChI=1S/C9H21N3O3S/c1-5-16(14,15)10-8-9(13)12(4)7-6-11(2)3/h10H,5-8H2,1-4H3. The van der Waals surface area contributed by atoms with Gasteiger partial charge in [-0.15, -0.1) is 0 Å². The molecule has 1 amide bonds. The molecule has 1 N–H and O–H groups in total. The molecule has 6 nitrogen and oxygen atoms in total. The maximum atomic E-state index is 11.5. The van der Waals surface area contributed by atoms with Crippen molar-refractivity contribution in [2.75, 3.05) is 46.5 Å². The first-order valence-electron chi connectivity index (χ1n) is 5.14. The summed E-state index contributed by atoms with van der Waals surface area (Å²) in [6.45, 7) is 2.70. The van der Waals surface area contributed by atoms with E-state index in [1.807, 2.05) is 19.0 Å². The topological polar surface area (TPSA) is 69.7 Å². The van der Waals surface area contributed by atoms with Crippen molar-refractivity contribution < 1.29 is 13.2 Å². The highest BCUT2D eigenvalue weighted by Crippen LogP contribution is 1.88. The average Bonchev–Trinajstić information content (AvgIpc) is 2.22. The zero-order chi connectivity index (χ0) is 12.8. The Morgan fingerprint density at radius 1 is 1.19 bits per heavy atom. The van der Waals surface area contributed by atoms with Gasteiger partial charge in [0, 0.05) is 20.1 Å². The van der Waals surface area contributed by atoms with E-state index in [0.717, 1.165) is 6.54 Å². The molecule has 0 heterocycles. The second-order valence-corrected chi connectivity index (χ2v) is 5.94. The third kappa shape index (κ3) is 6.76. The fraction of sp³-hybridized carbons (Fsp3) is 0.889. The first kappa shape index (κ1) is 15.3. The summed E-state index contributed by atoms with van der Waals surface area (Å²) < 4.78 is 24.4. The fourth-order valence-electron chi connectivity index (χ4n) is 0.883. The highest BCUT2D eigenvalue weighted by molar-refractivity contribution is 7.89. The third-order valence-corrected chi connectivity index (χ3v) is 3.48. The quantitative estimate of drug-likeness (QED) is 0.626. The molecule has 0 rings (SSSR count). The molecule has 0 aliphatic heterocycles. The summed E-state index contributed by atoms with van der Waals surface area (Å²) in [5.41, 5.74) is 0. The minimum Gasteiger partial charge on any atom is -0.343 e. The molecule has 0 radical (unpaired) electrons. The van der Waals surface area contributed by atoms with E-state index in [2.05, 4.69) is 4.72 Å². The smallest absolute Gasteiger partial charge is 0.237 e. The number of sulfonamides is 1. The van der Waals surface area contributed by atoms with E-state index in [-0.39, 0.29) is 18.2 Å². The Labute approximate surface area is 97.7 Å². The summed E-state index contributed by atoms with van der Waals surface area (Å²) in [5, 5.41) is 0. The van der Waals surface area contributed by atoms with Crippen molar-refractivity contribution in [3.8, 4) is 0 Å². The Kier molecular flexibility index (Phi) is 6.54. The molecule has 0 saturated carbocycles. The van der Waals surface area contributed by atoms with Gasteiger partial charge in [-0.05, 0) is 21.0 Å². The van der Waals surface area contributed by atoms with Crippen LogP contribution >= 0.6 is 0 Å². The Balaban J connectivity index is 3.98. The molecule has 0 bridgehead atoms. The molecule has 0 unspecified atom stereocenters. The van der Waals surface area contributed by atoms with Gasteiger partial charge in [0.2, 0.25) is 15.9 Å². The van der Waals surface area contributed by atoms with Gasteiger partial charge >= 0.3 is 0 Å². The molecule has 0 aliphatic carbocycles. The molecule has 0 spiro atoms. The number of hydrogen-bond acceptors (Lipinski definition) is 4.